The van der Waals surface area contributed by atoms with Crippen molar-refractivity contribution >= 4 is 11.8 Å². The Bertz CT molecular complexity index is 880. The summed E-state index contributed by atoms with van der Waals surface area (Å²) in [7, 11) is 3.34. The zero-order valence-electron chi connectivity index (χ0n) is 17.7. The van der Waals surface area contributed by atoms with E-state index in [0.29, 0.717) is 44.0 Å². The van der Waals surface area contributed by atoms with Crippen LogP contribution in [-0.2, 0) is 4.79 Å². The van der Waals surface area contributed by atoms with Gasteiger partial charge >= 0.3 is 0 Å². The Hall–Kier alpha value is -2.93. The molecule has 1 saturated heterocycles. The minimum absolute atomic E-state index is 0.000558. The molecule has 0 radical (unpaired) electrons. The van der Waals surface area contributed by atoms with Crippen molar-refractivity contribution in [2.24, 2.45) is 0 Å². The third-order valence-electron chi connectivity index (χ3n) is 5.66. The second-order valence-electron chi connectivity index (χ2n) is 7.53. The van der Waals surface area contributed by atoms with Gasteiger partial charge in [0, 0.05) is 38.8 Å². The van der Waals surface area contributed by atoms with Crippen LogP contribution in [0.3, 0.4) is 0 Å². The fourth-order valence-corrected chi connectivity index (χ4v) is 3.53. The highest BCUT2D eigenvalue weighted by molar-refractivity contribution is 5.94. The van der Waals surface area contributed by atoms with E-state index in [2.05, 4.69) is 4.90 Å². The summed E-state index contributed by atoms with van der Waals surface area (Å²) in [5, 5.41) is 0. The molecule has 2 aromatic rings. The molecular formula is C23H28FN3O3. The minimum atomic E-state index is -0.290. The summed E-state index contributed by atoms with van der Waals surface area (Å²) in [6, 6.07) is 13.2. The molecule has 1 aliphatic heterocycles. The smallest absolute Gasteiger partial charge is 0.254 e. The summed E-state index contributed by atoms with van der Waals surface area (Å²) in [5.41, 5.74) is 1.49. The van der Waals surface area contributed by atoms with Crippen LogP contribution >= 0.6 is 0 Å². The van der Waals surface area contributed by atoms with Gasteiger partial charge < -0.3 is 14.5 Å². The van der Waals surface area contributed by atoms with Gasteiger partial charge in [0.25, 0.3) is 5.91 Å². The molecule has 1 heterocycles. The molecule has 6 nitrogen and oxygen atoms in total. The number of hydrogen-bond acceptors (Lipinski definition) is 4. The number of halogens is 1. The maximum atomic E-state index is 13.1. The molecule has 7 heteroatoms. The van der Waals surface area contributed by atoms with Crippen LogP contribution in [-0.4, -0.2) is 73.4 Å². The highest BCUT2D eigenvalue weighted by atomic mass is 19.1. The van der Waals surface area contributed by atoms with E-state index in [0.717, 1.165) is 5.56 Å². The molecule has 1 aliphatic rings. The molecular weight excluding hydrogens is 385 g/mol. The van der Waals surface area contributed by atoms with Crippen LogP contribution in [0, 0.1) is 5.82 Å². The fourth-order valence-electron chi connectivity index (χ4n) is 3.53. The first-order chi connectivity index (χ1) is 14.4. The number of piperazine rings is 1. The molecule has 2 amide bonds. The highest BCUT2D eigenvalue weighted by Gasteiger charge is 2.25. The number of methoxy groups -OCH3 is 1. The third-order valence-corrected chi connectivity index (χ3v) is 5.66. The van der Waals surface area contributed by atoms with E-state index in [9.17, 15) is 14.0 Å². The number of ether oxygens (including phenoxy) is 1. The van der Waals surface area contributed by atoms with E-state index in [1.165, 1.54) is 12.1 Å². The zero-order chi connectivity index (χ0) is 21.7. The topological polar surface area (TPSA) is 53.1 Å². The van der Waals surface area contributed by atoms with Gasteiger partial charge in [-0.15, -0.1) is 0 Å². The first-order valence-electron chi connectivity index (χ1n) is 10.1. The predicted molar refractivity (Wildman–Crippen MR) is 113 cm³/mol. The monoisotopic (exact) mass is 413 g/mol. The Morgan fingerprint density at radius 3 is 2.40 bits per heavy atom. The second kappa shape index (κ2) is 9.71. The lowest BCUT2D eigenvalue weighted by atomic mass is 10.1. The molecule has 0 bridgehead atoms. The lowest BCUT2D eigenvalue weighted by Gasteiger charge is -2.35. The predicted octanol–water partition coefficient (Wildman–Crippen LogP) is 2.81. The summed E-state index contributed by atoms with van der Waals surface area (Å²) >= 11 is 0. The summed E-state index contributed by atoms with van der Waals surface area (Å²) in [4.78, 5) is 31.0. The molecule has 2 aromatic carbocycles. The number of rotatable bonds is 6. The first-order valence-corrected chi connectivity index (χ1v) is 10.1. The van der Waals surface area contributed by atoms with Gasteiger partial charge in [-0.3, -0.25) is 14.5 Å². The van der Waals surface area contributed by atoms with Crippen molar-refractivity contribution in [2.45, 2.75) is 13.0 Å². The van der Waals surface area contributed by atoms with E-state index in [4.69, 9.17) is 4.74 Å². The van der Waals surface area contributed by atoms with E-state index < -0.39 is 0 Å². The van der Waals surface area contributed by atoms with Crippen LogP contribution in [0.4, 0.5) is 4.39 Å². The Morgan fingerprint density at radius 1 is 1.10 bits per heavy atom. The highest BCUT2D eigenvalue weighted by Crippen LogP contribution is 2.20. The van der Waals surface area contributed by atoms with Crippen LogP contribution in [0.2, 0.25) is 0 Å². The van der Waals surface area contributed by atoms with Gasteiger partial charge in [-0.05, 0) is 42.8 Å². The molecule has 0 saturated carbocycles. The van der Waals surface area contributed by atoms with Crippen molar-refractivity contribution < 1.29 is 18.7 Å². The van der Waals surface area contributed by atoms with Crippen molar-refractivity contribution in [3.8, 4) is 5.75 Å². The number of carbonyl (C=O) groups excluding carboxylic acids is 2. The van der Waals surface area contributed by atoms with E-state index in [-0.39, 0.29) is 23.7 Å². The Labute approximate surface area is 176 Å². The van der Waals surface area contributed by atoms with Gasteiger partial charge in [0.1, 0.15) is 11.6 Å². The van der Waals surface area contributed by atoms with Crippen LogP contribution in [0.5, 0.6) is 5.75 Å². The SMILES string of the molecule is COc1cccc(C(=O)N2CCN(CC(=O)N(C)[C@@H](C)c3ccc(F)cc3)CC2)c1. The van der Waals surface area contributed by atoms with Crippen molar-refractivity contribution in [3.05, 3.63) is 65.5 Å². The second-order valence-corrected chi connectivity index (χ2v) is 7.53. The maximum Gasteiger partial charge on any atom is 0.254 e. The zero-order valence-corrected chi connectivity index (χ0v) is 17.7. The maximum absolute atomic E-state index is 13.1. The van der Waals surface area contributed by atoms with Crippen molar-refractivity contribution in [1.82, 2.24) is 14.7 Å². The van der Waals surface area contributed by atoms with Gasteiger partial charge in [0.2, 0.25) is 5.91 Å². The number of nitrogens with zero attached hydrogens (tertiary/aromatic N) is 3. The van der Waals surface area contributed by atoms with Crippen LogP contribution in [0.15, 0.2) is 48.5 Å². The van der Waals surface area contributed by atoms with E-state index in [1.54, 1.807) is 54.3 Å². The number of hydrogen-bond donors (Lipinski definition) is 0. The Balaban J connectivity index is 1.51. The Morgan fingerprint density at radius 2 is 1.77 bits per heavy atom. The Kier molecular flexibility index (Phi) is 7.05. The standard InChI is InChI=1S/C23H28FN3O3/c1-17(18-7-9-20(24)10-8-18)25(2)22(28)16-26-11-13-27(14-12-26)23(29)19-5-4-6-21(15-19)30-3/h4-10,15,17H,11-14,16H2,1-3H3/t17-/m0/s1. The van der Waals surface area contributed by atoms with Crippen molar-refractivity contribution in [1.29, 1.82) is 0 Å². The molecule has 160 valence electrons. The van der Waals surface area contributed by atoms with Gasteiger partial charge in [0.15, 0.2) is 0 Å². The lowest BCUT2D eigenvalue weighted by Crippen LogP contribution is -2.51. The molecule has 1 fully saturated rings. The van der Waals surface area contributed by atoms with Crippen LogP contribution in [0.1, 0.15) is 28.9 Å². The van der Waals surface area contributed by atoms with Crippen LogP contribution in [0.25, 0.3) is 0 Å². The van der Waals surface area contributed by atoms with E-state index in [1.807, 2.05) is 13.0 Å². The number of carbonyl (C=O) groups is 2. The normalized spacial score (nSPS) is 15.5. The first kappa shape index (κ1) is 21.8. The molecule has 30 heavy (non-hydrogen) atoms. The summed E-state index contributed by atoms with van der Waals surface area (Å²) in [5.74, 6) is 0.339. The van der Waals surface area contributed by atoms with Crippen molar-refractivity contribution in [2.75, 3.05) is 46.9 Å². The fraction of sp³-hybridized carbons (Fsp3) is 0.391. The van der Waals surface area contributed by atoms with Gasteiger partial charge in [-0.25, -0.2) is 4.39 Å². The summed E-state index contributed by atoms with van der Waals surface area (Å²) in [6.45, 7) is 4.64. The van der Waals surface area contributed by atoms with Crippen molar-refractivity contribution in [3.63, 3.8) is 0 Å². The molecule has 3 rings (SSSR count). The molecule has 0 unspecified atom stereocenters. The molecule has 1 atom stereocenters. The number of benzene rings is 2. The van der Waals surface area contributed by atoms with Gasteiger partial charge in [-0.1, -0.05) is 18.2 Å². The lowest BCUT2D eigenvalue weighted by molar-refractivity contribution is -0.133. The molecule has 0 aromatic heterocycles. The summed E-state index contributed by atoms with van der Waals surface area (Å²) in [6.07, 6.45) is 0. The molecule has 0 N–H and O–H groups in total. The van der Waals surface area contributed by atoms with Gasteiger partial charge in [-0.2, -0.15) is 0 Å². The van der Waals surface area contributed by atoms with E-state index >= 15 is 0 Å². The number of likely N-dealkylation sites (N-methyl/N-ethyl adjacent to an activating group) is 1. The van der Waals surface area contributed by atoms with Crippen LogP contribution < -0.4 is 4.74 Å². The third kappa shape index (κ3) is 5.16. The minimum Gasteiger partial charge on any atom is -0.497 e. The number of amides is 2. The van der Waals surface area contributed by atoms with Gasteiger partial charge in [0.05, 0.1) is 19.7 Å². The molecule has 0 aliphatic carbocycles. The largest absolute Gasteiger partial charge is 0.497 e. The molecule has 0 spiro atoms. The summed E-state index contributed by atoms with van der Waals surface area (Å²) < 4.78 is 18.3. The average molecular weight is 413 g/mol. The average Bonchev–Trinajstić information content (AvgIpc) is 2.78. The quantitative estimate of drug-likeness (QED) is 0.731.